The van der Waals surface area contributed by atoms with E-state index in [1.165, 1.54) is 7.11 Å². The quantitative estimate of drug-likeness (QED) is 0.688. The summed E-state index contributed by atoms with van der Waals surface area (Å²) < 4.78 is 5.15. The molecule has 0 unspecified atom stereocenters. The van der Waals surface area contributed by atoms with Crippen molar-refractivity contribution >= 4 is 17.6 Å². The summed E-state index contributed by atoms with van der Waals surface area (Å²) >= 11 is 0. The second kappa shape index (κ2) is 7.83. The minimum atomic E-state index is -0.420. The van der Waals surface area contributed by atoms with Gasteiger partial charge in [-0.15, -0.1) is 6.58 Å². The molecule has 0 spiro atoms. The summed E-state index contributed by atoms with van der Waals surface area (Å²) in [5.41, 5.74) is 1.57. The molecule has 0 fully saturated rings. The van der Waals surface area contributed by atoms with Gasteiger partial charge in [-0.3, -0.25) is 4.79 Å². The molecule has 0 atom stereocenters. The maximum absolute atomic E-state index is 11.7. The summed E-state index contributed by atoms with van der Waals surface area (Å²) in [5.74, 6) is 0.239. The van der Waals surface area contributed by atoms with E-state index in [0.29, 0.717) is 18.0 Å². The van der Waals surface area contributed by atoms with Gasteiger partial charge < -0.3 is 20.7 Å². The maximum atomic E-state index is 11.7. The molecule has 6 heteroatoms. The zero-order chi connectivity index (χ0) is 15.0. The van der Waals surface area contributed by atoms with Crippen molar-refractivity contribution in [3.05, 3.63) is 36.4 Å². The molecule has 3 N–H and O–H groups in total. The molecule has 0 aliphatic heterocycles. The number of carbonyl (C=O) groups is 2. The number of hydrogen-bond acceptors (Lipinski definition) is 3. The van der Waals surface area contributed by atoms with Crippen LogP contribution in [-0.2, 0) is 4.79 Å². The third kappa shape index (κ3) is 5.01. The third-order valence-corrected chi connectivity index (χ3v) is 2.45. The highest BCUT2D eigenvalue weighted by Crippen LogP contribution is 2.24. The van der Waals surface area contributed by atoms with Crippen molar-refractivity contribution in [2.24, 2.45) is 0 Å². The van der Waals surface area contributed by atoms with E-state index in [4.69, 9.17) is 4.74 Å². The second-order valence-corrected chi connectivity index (χ2v) is 4.10. The normalized spacial score (nSPS) is 9.50. The zero-order valence-electron chi connectivity index (χ0n) is 11.7. The Bertz CT molecular complexity index is 500. The predicted octanol–water partition coefficient (Wildman–Crippen LogP) is 1.43. The third-order valence-electron chi connectivity index (χ3n) is 2.45. The van der Waals surface area contributed by atoms with E-state index < -0.39 is 6.03 Å². The Morgan fingerprint density at radius 1 is 1.35 bits per heavy atom. The minimum absolute atomic E-state index is 0.125. The monoisotopic (exact) mass is 277 g/mol. The summed E-state index contributed by atoms with van der Waals surface area (Å²) in [7, 11) is 1.53. The topological polar surface area (TPSA) is 79.5 Å². The lowest BCUT2D eigenvalue weighted by atomic mass is 10.2. The lowest BCUT2D eigenvalue weighted by Gasteiger charge is -2.11. The van der Waals surface area contributed by atoms with Crippen LogP contribution in [0, 0.1) is 6.92 Å². The van der Waals surface area contributed by atoms with Crippen LogP contribution in [-0.4, -0.2) is 32.1 Å². The van der Waals surface area contributed by atoms with Crippen LogP contribution in [0.5, 0.6) is 5.75 Å². The molecule has 108 valence electrons. The van der Waals surface area contributed by atoms with Gasteiger partial charge in [-0.25, -0.2) is 4.79 Å². The lowest BCUT2D eigenvalue weighted by Crippen LogP contribution is -2.40. The average Bonchev–Trinajstić information content (AvgIpc) is 2.43. The first-order chi connectivity index (χ1) is 9.56. The Hall–Kier alpha value is -2.50. The molecule has 0 aliphatic rings. The molecule has 0 bridgehead atoms. The fourth-order valence-corrected chi connectivity index (χ4v) is 1.50. The average molecular weight is 277 g/mol. The van der Waals surface area contributed by atoms with Crippen molar-refractivity contribution in [3.63, 3.8) is 0 Å². The number of amides is 3. The van der Waals surface area contributed by atoms with Gasteiger partial charge in [0.1, 0.15) is 5.75 Å². The SMILES string of the molecule is C=CCNC(=O)NCC(=O)Nc1cc(C)ccc1OC. The first kappa shape index (κ1) is 15.6. The Morgan fingerprint density at radius 2 is 2.10 bits per heavy atom. The predicted molar refractivity (Wildman–Crippen MR) is 78.0 cm³/mol. The Labute approximate surface area is 118 Å². The fraction of sp³-hybridized carbons (Fsp3) is 0.286. The van der Waals surface area contributed by atoms with Crippen LogP contribution in [0.3, 0.4) is 0 Å². The van der Waals surface area contributed by atoms with Gasteiger partial charge >= 0.3 is 6.03 Å². The Kier molecular flexibility index (Phi) is 6.09. The molecule has 1 aromatic rings. The van der Waals surface area contributed by atoms with Crippen LogP contribution in [0.1, 0.15) is 5.56 Å². The first-order valence-corrected chi connectivity index (χ1v) is 6.14. The van der Waals surface area contributed by atoms with Crippen LogP contribution < -0.4 is 20.7 Å². The van der Waals surface area contributed by atoms with Crippen LogP contribution in [0.4, 0.5) is 10.5 Å². The largest absolute Gasteiger partial charge is 0.495 e. The number of carbonyl (C=O) groups excluding carboxylic acids is 2. The number of rotatable bonds is 6. The minimum Gasteiger partial charge on any atom is -0.495 e. The van der Waals surface area contributed by atoms with Crippen molar-refractivity contribution in [1.29, 1.82) is 0 Å². The molecule has 1 rings (SSSR count). The summed E-state index contributed by atoms with van der Waals surface area (Å²) in [4.78, 5) is 23.0. The van der Waals surface area contributed by atoms with E-state index in [-0.39, 0.29) is 12.5 Å². The van der Waals surface area contributed by atoms with Crippen LogP contribution in [0.2, 0.25) is 0 Å². The number of urea groups is 1. The zero-order valence-corrected chi connectivity index (χ0v) is 11.7. The molecule has 0 aromatic heterocycles. The number of methoxy groups -OCH3 is 1. The van der Waals surface area contributed by atoms with Crippen LogP contribution >= 0.6 is 0 Å². The standard InChI is InChI=1S/C14H19N3O3/c1-4-7-15-14(19)16-9-13(18)17-11-8-10(2)5-6-12(11)20-3/h4-6,8H,1,7,9H2,2-3H3,(H,17,18)(H2,15,16,19). The molecular weight excluding hydrogens is 258 g/mol. The summed E-state index contributed by atoms with van der Waals surface area (Å²) in [6, 6.07) is 5.04. The van der Waals surface area contributed by atoms with Gasteiger partial charge in [-0.2, -0.15) is 0 Å². The number of nitrogens with one attached hydrogen (secondary N) is 3. The molecule has 20 heavy (non-hydrogen) atoms. The van der Waals surface area contributed by atoms with Gasteiger partial charge in [0.15, 0.2) is 0 Å². The lowest BCUT2D eigenvalue weighted by molar-refractivity contribution is -0.115. The Morgan fingerprint density at radius 3 is 2.75 bits per heavy atom. The van der Waals surface area contributed by atoms with E-state index in [1.807, 2.05) is 13.0 Å². The van der Waals surface area contributed by atoms with Crippen LogP contribution in [0.15, 0.2) is 30.9 Å². The number of hydrogen-bond donors (Lipinski definition) is 3. The van der Waals surface area contributed by atoms with Gasteiger partial charge in [0.2, 0.25) is 5.91 Å². The molecule has 1 aromatic carbocycles. The van der Waals surface area contributed by atoms with Crippen LogP contribution in [0.25, 0.3) is 0 Å². The van der Waals surface area contributed by atoms with Crippen molar-refractivity contribution < 1.29 is 14.3 Å². The summed E-state index contributed by atoms with van der Waals surface area (Å²) in [6.07, 6.45) is 1.55. The molecule has 0 radical (unpaired) electrons. The van der Waals surface area contributed by atoms with E-state index in [0.717, 1.165) is 5.56 Å². The van der Waals surface area contributed by atoms with E-state index >= 15 is 0 Å². The second-order valence-electron chi connectivity index (χ2n) is 4.10. The number of ether oxygens (including phenoxy) is 1. The highest BCUT2D eigenvalue weighted by molar-refractivity contribution is 5.95. The van der Waals surface area contributed by atoms with Crippen molar-refractivity contribution in [1.82, 2.24) is 10.6 Å². The molecule has 3 amide bonds. The summed E-state index contributed by atoms with van der Waals surface area (Å²) in [6.45, 7) is 5.61. The van der Waals surface area contributed by atoms with Crippen molar-refractivity contribution in [2.45, 2.75) is 6.92 Å². The number of aryl methyl sites for hydroxylation is 1. The fourth-order valence-electron chi connectivity index (χ4n) is 1.50. The van der Waals surface area contributed by atoms with Gasteiger partial charge in [0.25, 0.3) is 0 Å². The summed E-state index contributed by atoms with van der Waals surface area (Å²) in [5, 5.41) is 7.64. The molecule has 0 aliphatic carbocycles. The maximum Gasteiger partial charge on any atom is 0.315 e. The molecule has 0 heterocycles. The van der Waals surface area contributed by atoms with Gasteiger partial charge in [0.05, 0.1) is 19.3 Å². The number of benzene rings is 1. The van der Waals surface area contributed by atoms with Gasteiger partial charge in [-0.05, 0) is 24.6 Å². The van der Waals surface area contributed by atoms with E-state index in [9.17, 15) is 9.59 Å². The first-order valence-electron chi connectivity index (χ1n) is 6.14. The van der Waals surface area contributed by atoms with E-state index in [2.05, 4.69) is 22.5 Å². The molecule has 6 nitrogen and oxygen atoms in total. The van der Waals surface area contributed by atoms with Gasteiger partial charge in [0, 0.05) is 6.54 Å². The highest BCUT2D eigenvalue weighted by atomic mass is 16.5. The highest BCUT2D eigenvalue weighted by Gasteiger charge is 2.08. The van der Waals surface area contributed by atoms with Crippen molar-refractivity contribution in [3.8, 4) is 5.75 Å². The van der Waals surface area contributed by atoms with Gasteiger partial charge in [-0.1, -0.05) is 12.1 Å². The Balaban J connectivity index is 2.52. The molecular formula is C14H19N3O3. The van der Waals surface area contributed by atoms with E-state index in [1.54, 1.807) is 18.2 Å². The smallest absolute Gasteiger partial charge is 0.315 e. The molecule has 0 saturated carbocycles. The molecule has 0 saturated heterocycles. The van der Waals surface area contributed by atoms with Crippen molar-refractivity contribution in [2.75, 3.05) is 25.5 Å². The number of anilines is 1.